The zero-order valence-corrected chi connectivity index (χ0v) is 36.3. The van der Waals surface area contributed by atoms with Crippen LogP contribution in [0.3, 0.4) is 0 Å². The van der Waals surface area contributed by atoms with Gasteiger partial charge in [0.15, 0.2) is 17.4 Å². The molecule has 2 aromatic carbocycles. The monoisotopic (exact) mass is 881 g/mol. The Kier molecular flexibility index (Phi) is 15.0. The summed E-state index contributed by atoms with van der Waals surface area (Å²) in [6.07, 6.45) is 1.48. The molecule has 18 nitrogen and oxygen atoms in total. The summed E-state index contributed by atoms with van der Waals surface area (Å²) < 4.78 is 6.70. The summed E-state index contributed by atoms with van der Waals surface area (Å²) in [6, 6.07) is 20.6. The van der Waals surface area contributed by atoms with Crippen molar-refractivity contribution in [1.29, 1.82) is 0 Å². The Hall–Kier alpha value is -5.44. The van der Waals surface area contributed by atoms with Gasteiger partial charge < -0.3 is 45.9 Å². The van der Waals surface area contributed by atoms with Crippen molar-refractivity contribution in [3.8, 4) is 0 Å². The highest BCUT2D eigenvalue weighted by molar-refractivity contribution is 5.83. The number of carbonyl (C=O) groups is 2. The molecule has 5 aromatic rings. The molecule has 8 rings (SSSR count). The maximum Gasteiger partial charge on any atom is 0.278 e. The van der Waals surface area contributed by atoms with Crippen molar-refractivity contribution in [1.82, 2.24) is 44.9 Å². The number of amides is 2. The number of nitrogens with zero attached hydrogens (tertiary/aromatic N) is 6. The third kappa shape index (κ3) is 11.3. The minimum Gasteiger partial charge on any atom is -0.394 e. The van der Waals surface area contributed by atoms with Crippen LogP contribution in [0.15, 0.2) is 96.6 Å². The van der Waals surface area contributed by atoms with E-state index in [0.717, 1.165) is 28.8 Å². The van der Waals surface area contributed by atoms with Crippen molar-refractivity contribution in [2.45, 2.75) is 101 Å². The first-order chi connectivity index (χ1) is 30.7. The highest BCUT2D eigenvalue weighted by Gasteiger charge is 2.44. The Labute approximate surface area is 371 Å². The Morgan fingerprint density at radius 2 is 1.72 bits per heavy atom. The molecule has 3 aromatic heterocycles. The number of aromatic amines is 1. The summed E-state index contributed by atoms with van der Waals surface area (Å²) in [5.41, 5.74) is 3.62. The normalized spacial score (nSPS) is 24.7. The number of carbonyl (C=O) groups excluding carboxylic acids is 2. The molecule has 8 N–H and O–H groups in total. The highest BCUT2D eigenvalue weighted by atomic mass is 16.6. The van der Waals surface area contributed by atoms with Gasteiger partial charge in [-0.15, -0.1) is 0 Å². The molecule has 9 atom stereocenters. The van der Waals surface area contributed by atoms with E-state index in [1.807, 2.05) is 93.7 Å². The summed E-state index contributed by atoms with van der Waals surface area (Å²) in [5, 5.41) is 57.1. The Balaban J connectivity index is 0.000000266. The van der Waals surface area contributed by atoms with E-state index < -0.39 is 72.5 Å². The minimum absolute atomic E-state index is 0.0712. The van der Waals surface area contributed by atoms with Crippen LogP contribution in [0.4, 0.5) is 0 Å². The first-order valence-corrected chi connectivity index (χ1v) is 21.7. The predicted molar refractivity (Wildman–Crippen MR) is 235 cm³/mol. The number of hydrogen-bond acceptors (Lipinski definition) is 14. The number of aliphatic hydroxyl groups is 5. The quantitative estimate of drug-likeness (QED) is 0.0807. The fraction of sp³-hybridized carbons (Fsp3) is 0.478. The van der Waals surface area contributed by atoms with Gasteiger partial charge in [-0.2, -0.15) is 0 Å². The van der Waals surface area contributed by atoms with Crippen LogP contribution in [0, 0.1) is 5.92 Å². The molecule has 0 bridgehead atoms. The van der Waals surface area contributed by atoms with Gasteiger partial charge in [0.1, 0.15) is 24.4 Å². The lowest BCUT2D eigenvalue weighted by Crippen LogP contribution is -2.61. The number of aromatic nitrogens is 5. The average molecular weight is 882 g/mol. The number of benzene rings is 2. The number of β-amino-alcohol motifs (C(OH)–C–C–N with tert-alkyl or cyclic N) is 1. The summed E-state index contributed by atoms with van der Waals surface area (Å²) in [6.45, 7) is 8.32. The molecular formula is C46H59N9O9. The molecule has 1 aliphatic carbocycles. The van der Waals surface area contributed by atoms with E-state index in [2.05, 4.69) is 40.4 Å². The number of ether oxygens (including phenoxy) is 1. The molecule has 18 heteroatoms. The molecular weight excluding hydrogens is 823 g/mol. The summed E-state index contributed by atoms with van der Waals surface area (Å²) in [7, 11) is 0. The first kappa shape index (κ1) is 46.5. The number of piperazine rings is 1. The van der Waals surface area contributed by atoms with Gasteiger partial charge in [0.2, 0.25) is 11.8 Å². The molecule has 0 saturated carbocycles. The van der Waals surface area contributed by atoms with Crippen molar-refractivity contribution in [3.05, 3.63) is 124 Å². The van der Waals surface area contributed by atoms with Crippen molar-refractivity contribution < 1.29 is 39.9 Å². The van der Waals surface area contributed by atoms with E-state index in [1.165, 1.54) is 17.2 Å². The molecule has 2 aliphatic heterocycles. The van der Waals surface area contributed by atoms with Crippen LogP contribution in [0.1, 0.15) is 61.7 Å². The number of H-pyrrole nitrogens is 1. The molecule has 2 amide bonds. The van der Waals surface area contributed by atoms with Crippen molar-refractivity contribution >= 4 is 23.0 Å². The molecule has 0 spiro atoms. The number of aliphatic hydroxyl groups excluding tert-OH is 5. The summed E-state index contributed by atoms with van der Waals surface area (Å²) >= 11 is 0. The molecule has 5 heterocycles. The predicted octanol–water partition coefficient (Wildman–Crippen LogP) is 0.598. The molecule has 0 unspecified atom stereocenters. The number of imidazole rings is 1. The van der Waals surface area contributed by atoms with Crippen LogP contribution in [0.25, 0.3) is 11.2 Å². The zero-order valence-electron chi connectivity index (χ0n) is 36.3. The van der Waals surface area contributed by atoms with E-state index in [4.69, 9.17) is 9.84 Å². The number of rotatable bonds is 13. The number of pyridine rings is 1. The highest BCUT2D eigenvalue weighted by Crippen LogP contribution is 2.33. The van der Waals surface area contributed by atoms with Gasteiger partial charge in [0.25, 0.3) is 5.56 Å². The van der Waals surface area contributed by atoms with Crippen LogP contribution in [-0.2, 0) is 33.7 Å². The fourth-order valence-corrected chi connectivity index (χ4v) is 8.72. The molecule has 2 saturated heterocycles. The standard InChI is InChI=1S/C36H47N5O4.C10H12N4O5/c1-36(2,3)39-35(45)31-24-40(22-26-12-9-15-37-21-26)16-17-41(31)23-29(42)19-28(18-25-10-5-4-6-11-25)34(44)38-33-30-14-8-7-13-27(30)20-32(33)43;15-1-4-6(16)7(17)10(19-4)14-3-13-5-8(14)11-2-12-9(5)18/h4-15,21,28-29,31-33,42-43H,16-20,22-24H2,1-3H3,(H,38,44)(H,39,45);2-4,6-7,10,15-17H,1H2,(H,11,12,18)/t28-,29+,31+,32-,33+;4-,6-,7-,10-/m11/s1. The molecule has 64 heavy (non-hydrogen) atoms. The lowest BCUT2D eigenvalue weighted by Gasteiger charge is -2.42. The van der Waals surface area contributed by atoms with E-state index >= 15 is 0 Å². The van der Waals surface area contributed by atoms with Gasteiger partial charge >= 0.3 is 0 Å². The van der Waals surface area contributed by atoms with E-state index in [9.17, 15) is 34.8 Å². The minimum atomic E-state index is -1.24. The topological polar surface area (TPSA) is 252 Å². The van der Waals surface area contributed by atoms with Gasteiger partial charge in [0.05, 0.1) is 37.5 Å². The van der Waals surface area contributed by atoms with Gasteiger partial charge in [-0.3, -0.25) is 33.7 Å². The lowest BCUT2D eigenvalue weighted by atomic mass is 9.91. The average Bonchev–Trinajstić information content (AvgIpc) is 3.93. The van der Waals surface area contributed by atoms with Crippen molar-refractivity contribution in [2.75, 3.05) is 32.8 Å². The lowest BCUT2D eigenvalue weighted by molar-refractivity contribution is -0.132. The van der Waals surface area contributed by atoms with Crippen LogP contribution >= 0.6 is 0 Å². The maximum absolute atomic E-state index is 13.8. The third-order valence-electron chi connectivity index (χ3n) is 11.9. The van der Waals surface area contributed by atoms with E-state index in [0.29, 0.717) is 32.5 Å². The van der Waals surface area contributed by atoms with Crippen LogP contribution in [-0.4, -0.2) is 147 Å². The molecule has 342 valence electrons. The number of nitrogens with one attached hydrogen (secondary N) is 3. The second-order valence-corrected chi connectivity index (χ2v) is 17.9. The van der Waals surface area contributed by atoms with Gasteiger partial charge in [0, 0.05) is 63.0 Å². The molecule has 2 fully saturated rings. The summed E-state index contributed by atoms with van der Waals surface area (Å²) in [5.74, 6) is -0.781. The number of hydrogen-bond donors (Lipinski definition) is 8. The number of fused-ring (bicyclic) bond motifs is 2. The van der Waals surface area contributed by atoms with Gasteiger partial charge in [-0.1, -0.05) is 60.7 Å². The molecule has 3 aliphatic rings. The van der Waals surface area contributed by atoms with E-state index in [-0.39, 0.29) is 35.9 Å². The Morgan fingerprint density at radius 1 is 0.969 bits per heavy atom. The second-order valence-electron chi connectivity index (χ2n) is 17.9. The second kappa shape index (κ2) is 20.6. The first-order valence-electron chi connectivity index (χ1n) is 21.7. The maximum atomic E-state index is 13.8. The van der Waals surface area contributed by atoms with Crippen LogP contribution in [0.5, 0.6) is 0 Å². The van der Waals surface area contributed by atoms with Crippen LogP contribution in [0.2, 0.25) is 0 Å². The summed E-state index contributed by atoms with van der Waals surface area (Å²) in [4.78, 5) is 57.6. The van der Waals surface area contributed by atoms with E-state index in [1.54, 1.807) is 6.20 Å². The SMILES string of the molecule is CC(C)(C)NC(=O)[C@@H]1CN(Cc2cccnc2)CCN1C[C@@H](O)C[C@@H](Cc1ccccc1)C(=O)N[C@H]1c2ccccc2C[C@H]1O.O=c1[nH]cnc2c1ncn2[C@@H]1O[C@H](CO)[C@@H](O)[C@H]1O. The van der Waals surface area contributed by atoms with Gasteiger partial charge in [-0.05, 0) is 61.9 Å². The Bertz CT molecular complexity index is 2380. The van der Waals surface area contributed by atoms with Crippen molar-refractivity contribution in [2.24, 2.45) is 5.92 Å². The Morgan fingerprint density at radius 3 is 2.44 bits per heavy atom. The van der Waals surface area contributed by atoms with Gasteiger partial charge in [-0.25, -0.2) is 9.97 Å². The molecule has 0 radical (unpaired) electrons. The smallest absolute Gasteiger partial charge is 0.278 e. The van der Waals surface area contributed by atoms with Crippen molar-refractivity contribution in [3.63, 3.8) is 0 Å². The van der Waals surface area contributed by atoms with Crippen LogP contribution < -0.4 is 16.2 Å². The largest absolute Gasteiger partial charge is 0.394 e. The zero-order chi connectivity index (χ0) is 45.5. The fourth-order valence-electron chi connectivity index (χ4n) is 8.72. The third-order valence-corrected chi connectivity index (χ3v) is 11.9.